The Kier molecular flexibility index (Phi) is 2.93. The summed E-state index contributed by atoms with van der Waals surface area (Å²) in [5, 5.41) is 0. The third-order valence-corrected chi connectivity index (χ3v) is 1.72. The van der Waals surface area contributed by atoms with Crippen molar-refractivity contribution in [2.75, 3.05) is 5.73 Å². The molecule has 0 saturated carbocycles. The Bertz CT molecular complexity index is 353. The number of rotatable bonds is 1. The predicted molar refractivity (Wildman–Crippen MR) is 55.7 cm³/mol. The number of halogens is 1. The van der Waals surface area contributed by atoms with E-state index in [2.05, 4.69) is 9.97 Å². The van der Waals surface area contributed by atoms with E-state index in [1.54, 1.807) is 12.5 Å². The lowest BCUT2D eigenvalue weighted by molar-refractivity contribution is 1.31. The molecule has 0 amide bonds. The van der Waals surface area contributed by atoms with Crippen molar-refractivity contribution in [2.24, 2.45) is 0 Å². The highest BCUT2D eigenvalue weighted by Crippen LogP contribution is 2.16. The summed E-state index contributed by atoms with van der Waals surface area (Å²) >= 11 is 0. The Morgan fingerprint density at radius 2 is 1.85 bits per heavy atom. The van der Waals surface area contributed by atoms with Crippen LogP contribution in [0.2, 0.25) is 0 Å². The second-order valence-electron chi connectivity index (χ2n) is 2.59. The van der Waals surface area contributed by atoms with Gasteiger partial charge in [-0.25, -0.2) is 4.98 Å². The molecule has 0 fully saturated rings. The smallest absolute Gasteiger partial charge is 0.0924 e. The summed E-state index contributed by atoms with van der Waals surface area (Å²) < 4.78 is 0. The van der Waals surface area contributed by atoms with E-state index in [1.165, 1.54) is 0 Å². The van der Waals surface area contributed by atoms with Gasteiger partial charge in [0.25, 0.3) is 0 Å². The zero-order chi connectivity index (χ0) is 8.39. The normalized spacial score (nSPS) is 9.23. The molecule has 4 heteroatoms. The summed E-state index contributed by atoms with van der Waals surface area (Å²) in [6.07, 6.45) is 3.44. The summed E-state index contributed by atoms with van der Waals surface area (Å²) in [5.41, 5.74) is 8.44. The minimum absolute atomic E-state index is 0. The minimum atomic E-state index is 0. The molecule has 0 unspecified atom stereocenters. The van der Waals surface area contributed by atoms with Gasteiger partial charge in [-0.3, -0.25) is 0 Å². The number of aromatic amines is 1. The van der Waals surface area contributed by atoms with Crippen LogP contribution in [-0.4, -0.2) is 9.97 Å². The van der Waals surface area contributed by atoms with Crippen LogP contribution in [0.1, 0.15) is 0 Å². The van der Waals surface area contributed by atoms with E-state index in [4.69, 9.17) is 5.73 Å². The summed E-state index contributed by atoms with van der Waals surface area (Å²) in [7, 11) is 0. The van der Waals surface area contributed by atoms with Crippen LogP contribution in [0.15, 0.2) is 36.8 Å². The monoisotopic (exact) mass is 195 g/mol. The zero-order valence-corrected chi connectivity index (χ0v) is 7.71. The molecule has 2 aromatic rings. The van der Waals surface area contributed by atoms with Crippen LogP contribution >= 0.6 is 12.4 Å². The molecule has 0 spiro atoms. The van der Waals surface area contributed by atoms with Crippen molar-refractivity contribution in [3.8, 4) is 11.3 Å². The molecule has 0 aliphatic rings. The van der Waals surface area contributed by atoms with Crippen molar-refractivity contribution in [2.45, 2.75) is 0 Å². The van der Waals surface area contributed by atoms with Crippen LogP contribution in [0.4, 0.5) is 5.69 Å². The van der Waals surface area contributed by atoms with Crippen LogP contribution < -0.4 is 5.73 Å². The number of imidazole rings is 1. The lowest BCUT2D eigenvalue weighted by Gasteiger charge is -1.96. The molecule has 0 bridgehead atoms. The maximum atomic E-state index is 5.55. The standard InChI is InChI=1S/C9H9N3.ClH/c10-8-3-1-7(2-4-8)9-5-11-6-12-9;/h1-6H,10H2,(H,11,12);1H. The number of nitrogens with zero attached hydrogens (tertiary/aromatic N) is 1. The zero-order valence-electron chi connectivity index (χ0n) is 6.90. The third-order valence-electron chi connectivity index (χ3n) is 1.72. The average molecular weight is 196 g/mol. The lowest BCUT2D eigenvalue weighted by Crippen LogP contribution is -1.83. The molecule has 1 aromatic heterocycles. The van der Waals surface area contributed by atoms with Crippen molar-refractivity contribution in [1.29, 1.82) is 0 Å². The summed E-state index contributed by atoms with van der Waals surface area (Å²) in [6, 6.07) is 7.66. The molecule has 13 heavy (non-hydrogen) atoms. The first-order valence-electron chi connectivity index (χ1n) is 3.70. The van der Waals surface area contributed by atoms with Crippen LogP contribution in [-0.2, 0) is 0 Å². The van der Waals surface area contributed by atoms with Crippen molar-refractivity contribution < 1.29 is 0 Å². The topological polar surface area (TPSA) is 54.7 Å². The van der Waals surface area contributed by atoms with Crippen LogP contribution in [0.3, 0.4) is 0 Å². The Morgan fingerprint density at radius 1 is 1.15 bits per heavy atom. The van der Waals surface area contributed by atoms with Crippen LogP contribution in [0.5, 0.6) is 0 Å². The maximum Gasteiger partial charge on any atom is 0.0924 e. The molecular weight excluding hydrogens is 186 g/mol. The maximum absolute atomic E-state index is 5.55. The molecule has 68 valence electrons. The molecule has 0 aliphatic carbocycles. The van der Waals surface area contributed by atoms with E-state index in [1.807, 2.05) is 24.3 Å². The van der Waals surface area contributed by atoms with E-state index < -0.39 is 0 Å². The SMILES string of the molecule is Cl.Nc1ccc(-c2cnc[nH]2)cc1. The number of aromatic nitrogens is 2. The van der Waals surface area contributed by atoms with E-state index in [-0.39, 0.29) is 12.4 Å². The second kappa shape index (κ2) is 3.96. The van der Waals surface area contributed by atoms with Crippen molar-refractivity contribution >= 4 is 18.1 Å². The van der Waals surface area contributed by atoms with Crippen LogP contribution in [0, 0.1) is 0 Å². The third kappa shape index (κ3) is 2.00. The van der Waals surface area contributed by atoms with Gasteiger partial charge in [0, 0.05) is 5.69 Å². The van der Waals surface area contributed by atoms with Crippen LogP contribution in [0.25, 0.3) is 11.3 Å². The molecule has 3 nitrogen and oxygen atoms in total. The Balaban J connectivity index is 0.000000845. The van der Waals surface area contributed by atoms with E-state index in [0.717, 1.165) is 16.9 Å². The molecule has 0 aliphatic heterocycles. The summed E-state index contributed by atoms with van der Waals surface area (Å²) in [4.78, 5) is 6.96. The molecule has 0 atom stereocenters. The Morgan fingerprint density at radius 3 is 2.38 bits per heavy atom. The van der Waals surface area contributed by atoms with Gasteiger partial charge in [0.1, 0.15) is 0 Å². The second-order valence-corrected chi connectivity index (χ2v) is 2.59. The molecule has 0 saturated heterocycles. The van der Waals surface area contributed by atoms with Gasteiger partial charge in [0.2, 0.25) is 0 Å². The summed E-state index contributed by atoms with van der Waals surface area (Å²) in [6.45, 7) is 0. The largest absolute Gasteiger partial charge is 0.399 e. The number of nitrogens with one attached hydrogen (secondary N) is 1. The lowest BCUT2D eigenvalue weighted by atomic mass is 10.1. The van der Waals surface area contributed by atoms with Gasteiger partial charge < -0.3 is 10.7 Å². The first kappa shape index (κ1) is 9.61. The fourth-order valence-corrected chi connectivity index (χ4v) is 1.08. The van der Waals surface area contributed by atoms with Gasteiger partial charge >= 0.3 is 0 Å². The fourth-order valence-electron chi connectivity index (χ4n) is 1.08. The Hall–Kier alpha value is -1.48. The number of H-pyrrole nitrogens is 1. The highest BCUT2D eigenvalue weighted by molar-refractivity contribution is 5.85. The quantitative estimate of drug-likeness (QED) is 0.685. The number of hydrogen-bond acceptors (Lipinski definition) is 2. The summed E-state index contributed by atoms with van der Waals surface area (Å²) in [5.74, 6) is 0. The van der Waals surface area contributed by atoms with E-state index in [9.17, 15) is 0 Å². The molecule has 0 radical (unpaired) electrons. The highest BCUT2D eigenvalue weighted by atomic mass is 35.5. The van der Waals surface area contributed by atoms with Gasteiger partial charge in [-0.1, -0.05) is 12.1 Å². The first-order valence-corrected chi connectivity index (χ1v) is 3.70. The number of anilines is 1. The van der Waals surface area contributed by atoms with Crippen molar-refractivity contribution in [3.63, 3.8) is 0 Å². The van der Waals surface area contributed by atoms with Gasteiger partial charge in [-0.15, -0.1) is 12.4 Å². The fraction of sp³-hybridized carbons (Fsp3) is 0. The van der Waals surface area contributed by atoms with E-state index >= 15 is 0 Å². The molecule has 3 N–H and O–H groups in total. The minimum Gasteiger partial charge on any atom is -0.399 e. The molecule has 1 aromatic carbocycles. The first-order chi connectivity index (χ1) is 5.86. The predicted octanol–water partition coefficient (Wildman–Crippen LogP) is 2.08. The van der Waals surface area contributed by atoms with Gasteiger partial charge in [-0.2, -0.15) is 0 Å². The number of benzene rings is 1. The molecule has 1 heterocycles. The average Bonchev–Trinajstić information content (AvgIpc) is 2.58. The van der Waals surface area contributed by atoms with Crippen molar-refractivity contribution in [1.82, 2.24) is 9.97 Å². The van der Waals surface area contributed by atoms with Gasteiger partial charge in [0.15, 0.2) is 0 Å². The van der Waals surface area contributed by atoms with Gasteiger partial charge in [0.05, 0.1) is 18.2 Å². The van der Waals surface area contributed by atoms with Gasteiger partial charge in [-0.05, 0) is 17.7 Å². The molecule has 2 rings (SSSR count). The number of nitrogens with two attached hydrogens (primary N) is 1. The number of nitrogen functional groups attached to an aromatic ring is 1. The van der Waals surface area contributed by atoms with E-state index in [0.29, 0.717) is 0 Å². The highest BCUT2D eigenvalue weighted by Gasteiger charge is 1.96. The Labute approximate surface area is 82.4 Å². The molecular formula is C9H10ClN3. The van der Waals surface area contributed by atoms with Crippen molar-refractivity contribution in [3.05, 3.63) is 36.8 Å². The number of hydrogen-bond donors (Lipinski definition) is 2.